The maximum Gasteiger partial charge on any atom is 0.434 e. The number of amides is 1. The number of hydrogen-bond acceptors (Lipinski definition) is 3. The van der Waals surface area contributed by atoms with Crippen molar-refractivity contribution in [3.05, 3.63) is 75.7 Å². The van der Waals surface area contributed by atoms with E-state index in [1.54, 1.807) is 24.3 Å². The molecule has 0 unspecified atom stereocenters. The van der Waals surface area contributed by atoms with Gasteiger partial charge in [-0.15, -0.1) is 0 Å². The van der Waals surface area contributed by atoms with E-state index >= 15 is 0 Å². The minimum atomic E-state index is -4.82. The summed E-state index contributed by atoms with van der Waals surface area (Å²) in [6.45, 7) is 0.151. The number of hydrogen-bond donors (Lipinski definition) is 1. The van der Waals surface area contributed by atoms with Crippen molar-refractivity contribution in [1.82, 2.24) is 20.1 Å². The van der Waals surface area contributed by atoms with Crippen LogP contribution in [-0.2, 0) is 12.6 Å². The molecule has 0 fully saturated rings. The molecule has 1 N–H and O–H groups in total. The van der Waals surface area contributed by atoms with Crippen molar-refractivity contribution in [3.63, 3.8) is 0 Å². The van der Waals surface area contributed by atoms with Gasteiger partial charge in [-0.2, -0.15) is 18.3 Å². The van der Waals surface area contributed by atoms with Crippen LogP contribution in [-0.4, -0.2) is 27.2 Å². The number of benzene rings is 1. The number of rotatable bonds is 5. The Morgan fingerprint density at radius 3 is 2.46 bits per heavy atom. The largest absolute Gasteiger partial charge is 0.434 e. The zero-order chi connectivity index (χ0) is 20.3. The fraction of sp³-hybridized carbons (Fsp3) is 0.167. The molecule has 10 heteroatoms. The van der Waals surface area contributed by atoms with Crippen molar-refractivity contribution in [2.45, 2.75) is 12.6 Å². The number of carbonyl (C=O) groups is 1. The van der Waals surface area contributed by atoms with E-state index < -0.39 is 23.3 Å². The summed E-state index contributed by atoms with van der Waals surface area (Å²) >= 11 is 11.5. The number of nitrogens with zero attached hydrogens (tertiary/aromatic N) is 3. The van der Waals surface area contributed by atoms with Gasteiger partial charge in [0.1, 0.15) is 5.15 Å². The number of halogens is 5. The van der Waals surface area contributed by atoms with Crippen LogP contribution in [0.2, 0.25) is 10.2 Å². The van der Waals surface area contributed by atoms with Crippen LogP contribution in [0.25, 0.3) is 5.82 Å². The van der Waals surface area contributed by atoms with Crippen LogP contribution in [0.15, 0.2) is 48.7 Å². The van der Waals surface area contributed by atoms with Crippen LogP contribution in [0.4, 0.5) is 13.2 Å². The third-order valence-corrected chi connectivity index (χ3v) is 4.27. The SMILES string of the molecule is O=C(NCCc1ccc(Cl)cc1)c1cnn(-c2cccc(Cl)n2)c1C(F)(F)F. The van der Waals surface area contributed by atoms with E-state index in [2.05, 4.69) is 15.4 Å². The Balaban J connectivity index is 1.81. The molecular formula is C18H13Cl2F3N4O. The summed E-state index contributed by atoms with van der Waals surface area (Å²) in [5, 5.41) is 6.75. The molecule has 28 heavy (non-hydrogen) atoms. The van der Waals surface area contributed by atoms with Crippen molar-refractivity contribution in [2.75, 3.05) is 6.54 Å². The van der Waals surface area contributed by atoms with Gasteiger partial charge in [0, 0.05) is 11.6 Å². The molecule has 0 saturated heterocycles. The first-order chi connectivity index (χ1) is 13.3. The van der Waals surface area contributed by atoms with Crippen molar-refractivity contribution in [3.8, 4) is 5.82 Å². The number of nitrogens with one attached hydrogen (secondary N) is 1. The number of carbonyl (C=O) groups excluding carboxylic acids is 1. The maximum absolute atomic E-state index is 13.6. The van der Waals surface area contributed by atoms with Crippen LogP contribution in [0.1, 0.15) is 21.6 Å². The highest BCUT2D eigenvalue weighted by Crippen LogP contribution is 2.33. The highest BCUT2D eigenvalue weighted by atomic mass is 35.5. The minimum absolute atomic E-state index is 0.00934. The summed E-state index contributed by atoms with van der Waals surface area (Å²) in [5.74, 6) is -1.02. The van der Waals surface area contributed by atoms with Crippen LogP contribution >= 0.6 is 23.2 Å². The van der Waals surface area contributed by atoms with Crippen molar-refractivity contribution in [2.24, 2.45) is 0 Å². The lowest BCUT2D eigenvalue weighted by atomic mass is 10.1. The molecule has 0 aliphatic rings. The first kappa shape index (κ1) is 20.2. The van der Waals surface area contributed by atoms with Crippen LogP contribution in [0.3, 0.4) is 0 Å². The topological polar surface area (TPSA) is 59.8 Å². The van der Waals surface area contributed by atoms with E-state index in [0.717, 1.165) is 11.8 Å². The van der Waals surface area contributed by atoms with E-state index in [9.17, 15) is 18.0 Å². The molecule has 0 aliphatic heterocycles. The van der Waals surface area contributed by atoms with Gasteiger partial charge in [0.2, 0.25) is 0 Å². The predicted octanol–water partition coefficient (Wildman–Crippen LogP) is 4.57. The molecule has 0 saturated carbocycles. The zero-order valence-corrected chi connectivity index (χ0v) is 15.7. The summed E-state index contributed by atoms with van der Waals surface area (Å²) in [4.78, 5) is 16.2. The molecule has 0 radical (unpaired) electrons. The van der Waals surface area contributed by atoms with Gasteiger partial charge in [0.15, 0.2) is 11.5 Å². The van der Waals surface area contributed by atoms with Gasteiger partial charge in [0.25, 0.3) is 5.91 Å². The number of aromatic nitrogens is 3. The van der Waals surface area contributed by atoms with Gasteiger partial charge < -0.3 is 5.32 Å². The molecule has 146 valence electrons. The smallest absolute Gasteiger partial charge is 0.352 e. The van der Waals surface area contributed by atoms with E-state index in [-0.39, 0.29) is 17.5 Å². The lowest BCUT2D eigenvalue weighted by Gasteiger charge is -2.12. The van der Waals surface area contributed by atoms with Gasteiger partial charge >= 0.3 is 6.18 Å². The second-order valence-corrected chi connectivity index (χ2v) is 6.59. The predicted molar refractivity (Wildman–Crippen MR) is 98.9 cm³/mol. The Hall–Kier alpha value is -2.58. The second-order valence-electron chi connectivity index (χ2n) is 5.77. The second kappa shape index (κ2) is 8.20. The first-order valence-electron chi connectivity index (χ1n) is 8.06. The summed E-state index contributed by atoms with van der Waals surface area (Å²) in [5.41, 5.74) is -0.920. The quantitative estimate of drug-likeness (QED) is 0.605. The average Bonchev–Trinajstić information content (AvgIpc) is 3.09. The van der Waals surface area contributed by atoms with Gasteiger partial charge in [-0.25, -0.2) is 9.67 Å². The Bertz CT molecular complexity index is 987. The fourth-order valence-corrected chi connectivity index (χ4v) is 2.83. The Morgan fingerprint density at radius 1 is 1.11 bits per heavy atom. The normalized spacial score (nSPS) is 11.5. The van der Waals surface area contributed by atoms with Crippen molar-refractivity contribution < 1.29 is 18.0 Å². The molecule has 2 heterocycles. The van der Waals surface area contributed by atoms with Gasteiger partial charge in [-0.1, -0.05) is 41.4 Å². The molecule has 1 aromatic carbocycles. The fourth-order valence-electron chi connectivity index (χ4n) is 2.54. The zero-order valence-electron chi connectivity index (χ0n) is 14.2. The molecule has 3 aromatic rings. The van der Waals surface area contributed by atoms with Crippen LogP contribution < -0.4 is 5.32 Å². The molecule has 0 aliphatic carbocycles. The average molecular weight is 429 g/mol. The van der Waals surface area contributed by atoms with E-state index in [0.29, 0.717) is 16.1 Å². The lowest BCUT2D eigenvalue weighted by molar-refractivity contribution is -0.143. The lowest BCUT2D eigenvalue weighted by Crippen LogP contribution is -2.28. The van der Waals surface area contributed by atoms with Crippen molar-refractivity contribution in [1.29, 1.82) is 0 Å². The van der Waals surface area contributed by atoms with Crippen LogP contribution in [0, 0.1) is 0 Å². The van der Waals surface area contributed by atoms with Crippen molar-refractivity contribution >= 4 is 29.1 Å². The standard InChI is InChI=1S/C18H13Cl2F3N4O/c19-12-6-4-11(5-7-12)8-9-24-17(28)13-10-25-27(16(13)18(21,22)23)15-3-1-2-14(20)26-15/h1-7,10H,8-9H2,(H,24,28). The summed E-state index contributed by atoms with van der Waals surface area (Å²) in [6, 6.07) is 11.1. The molecule has 2 aromatic heterocycles. The Labute approximate surface area is 168 Å². The molecule has 3 rings (SSSR count). The molecule has 0 spiro atoms. The number of pyridine rings is 1. The summed E-state index contributed by atoms with van der Waals surface area (Å²) < 4.78 is 41.4. The maximum atomic E-state index is 13.6. The highest BCUT2D eigenvalue weighted by molar-refractivity contribution is 6.30. The molecule has 0 bridgehead atoms. The third-order valence-electron chi connectivity index (χ3n) is 3.81. The van der Waals surface area contributed by atoms with E-state index in [1.807, 2.05) is 0 Å². The number of alkyl halides is 3. The van der Waals surface area contributed by atoms with Gasteiger partial charge in [-0.3, -0.25) is 4.79 Å². The summed E-state index contributed by atoms with van der Waals surface area (Å²) in [7, 11) is 0. The summed E-state index contributed by atoms with van der Waals surface area (Å²) in [6.07, 6.45) is -3.51. The van der Waals surface area contributed by atoms with E-state index in [1.165, 1.54) is 18.2 Å². The minimum Gasteiger partial charge on any atom is -0.352 e. The van der Waals surface area contributed by atoms with Crippen LogP contribution in [0.5, 0.6) is 0 Å². The van der Waals surface area contributed by atoms with E-state index in [4.69, 9.17) is 23.2 Å². The Kier molecular flexibility index (Phi) is 5.90. The molecule has 1 amide bonds. The monoisotopic (exact) mass is 428 g/mol. The van der Waals surface area contributed by atoms with Gasteiger partial charge in [-0.05, 0) is 36.2 Å². The Morgan fingerprint density at radius 2 is 1.82 bits per heavy atom. The van der Waals surface area contributed by atoms with Gasteiger partial charge in [0.05, 0.1) is 11.8 Å². The first-order valence-corrected chi connectivity index (χ1v) is 8.82. The molecule has 0 atom stereocenters. The highest BCUT2D eigenvalue weighted by Gasteiger charge is 2.40. The molecular weight excluding hydrogens is 416 g/mol. The molecule has 5 nitrogen and oxygen atoms in total. The third kappa shape index (κ3) is 4.63.